The SMILES string of the molecule is CC1(C)CCc2cn(CC(C#N)(C#N)CCC(F)(F)F)nc21. The predicted molar refractivity (Wildman–Crippen MR) is 72.5 cm³/mol. The van der Waals surface area contributed by atoms with Gasteiger partial charge in [0.2, 0.25) is 0 Å². The molecule has 4 nitrogen and oxygen atoms in total. The first-order chi connectivity index (χ1) is 10.1. The van der Waals surface area contributed by atoms with E-state index in [1.807, 2.05) is 0 Å². The molecule has 2 rings (SSSR count). The molecule has 1 aromatic heterocycles. The molecule has 0 aliphatic heterocycles. The third-order valence-corrected chi connectivity index (χ3v) is 4.19. The lowest BCUT2D eigenvalue weighted by atomic mass is 9.86. The van der Waals surface area contributed by atoms with E-state index in [2.05, 4.69) is 18.9 Å². The minimum Gasteiger partial charge on any atom is -0.269 e. The maximum absolute atomic E-state index is 12.4. The number of rotatable bonds is 4. The second-order valence-corrected chi connectivity index (χ2v) is 6.51. The summed E-state index contributed by atoms with van der Waals surface area (Å²) >= 11 is 0. The molecule has 0 saturated carbocycles. The standard InChI is InChI=1S/C15H17F3N4/c1-13(2)4-3-11-7-22(21-12(11)13)10-14(8-19,9-20)5-6-15(16,17)18/h7H,3-6,10H2,1-2H3. The van der Waals surface area contributed by atoms with Crippen LogP contribution in [0.15, 0.2) is 6.20 Å². The van der Waals surface area contributed by atoms with Crippen molar-refractivity contribution in [1.82, 2.24) is 9.78 Å². The zero-order chi connectivity index (χ0) is 16.6. The number of fused-ring (bicyclic) bond motifs is 1. The maximum atomic E-state index is 12.4. The summed E-state index contributed by atoms with van der Waals surface area (Å²) in [5.74, 6) is 0. The van der Waals surface area contributed by atoms with Crippen molar-refractivity contribution in [2.45, 2.75) is 57.7 Å². The Hall–Kier alpha value is -2.02. The molecule has 0 amide bonds. The summed E-state index contributed by atoms with van der Waals surface area (Å²) in [6.45, 7) is 3.97. The van der Waals surface area contributed by atoms with E-state index in [0.29, 0.717) is 0 Å². The van der Waals surface area contributed by atoms with Crippen molar-refractivity contribution in [1.29, 1.82) is 10.5 Å². The largest absolute Gasteiger partial charge is 0.389 e. The fourth-order valence-corrected chi connectivity index (χ4v) is 2.78. The highest BCUT2D eigenvalue weighted by molar-refractivity contribution is 5.31. The highest BCUT2D eigenvalue weighted by Crippen LogP contribution is 2.38. The van der Waals surface area contributed by atoms with Gasteiger partial charge in [-0.1, -0.05) is 13.8 Å². The van der Waals surface area contributed by atoms with Crippen LogP contribution in [0.25, 0.3) is 0 Å². The summed E-state index contributed by atoms with van der Waals surface area (Å²) in [5, 5.41) is 22.8. The highest BCUT2D eigenvalue weighted by Gasteiger charge is 2.39. The van der Waals surface area contributed by atoms with Gasteiger partial charge in [-0.3, -0.25) is 4.68 Å². The molecule has 0 fully saturated rings. The fourth-order valence-electron chi connectivity index (χ4n) is 2.78. The van der Waals surface area contributed by atoms with E-state index < -0.39 is 24.4 Å². The summed E-state index contributed by atoms with van der Waals surface area (Å²) in [6, 6.07) is 3.50. The van der Waals surface area contributed by atoms with Crippen LogP contribution in [0, 0.1) is 28.1 Å². The molecule has 0 spiro atoms. The molecule has 0 saturated heterocycles. The number of nitriles is 2. The first kappa shape index (κ1) is 16.4. The minimum absolute atomic E-state index is 0.0749. The molecule has 0 atom stereocenters. The molecule has 0 radical (unpaired) electrons. The van der Waals surface area contributed by atoms with E-state index in [9.17, 15) is 23.7 Å². The lowest BCUT2D eigenvalue weighted by Gasteiger charge is -2.20. The Kier molecular flexibility index (Phi) is 3.95. The van der Waals surface area contributed by atoms with Crippen LogP contribution in [0.5, 0.6) is 0 Å². The predicted octanol–water partition coefficient (Wildman–Crippen LogP) is 3.48. The van der Waals surface area contributed by atoms with E-state index in [1.54, 1.807) is 18.3 Å². The number of hydrogen-bond donors (Lipinski definition) is 0. The van der Waals surface area contributed by atoms with Gasteiger partial charge in [-0.25, -0.2) is 0 Å². The lowest BCUT2D eigenvalue weighted by molar-refractivity contribution is -0.138. The summed E-state index contributed by atoms with van der Waals surface area (Å²) in [7, 11) is 0. The van der Waals surface area contributed by atoms with Gasteiger partial charge in [0.1, 0.15) is 0 Å². The van der Waals surface area contributed by atoms with Gasteiger partial charge in [-0.05, 0) is 24.8 Å². The monoisotopic (exact) mass is 310 g/mol. The van der Waals surface area contributed by atoms with Gasteiger partial charge in [0, 0.05) is 18.0 Å². The molecule has 1 aliphatic rings. The molecule has 7 heteroatoms. The van der Waals surface area contributed by atoms with Crippen LogP contribution in [0.2, 0.25) is 0 Å². The van der Waals surface area contributed by atoms with Gasteiger partial charge < -0.3 is 0 Å². The number of hydrogen-bond acceptors (Lipinski definition) is 3. The smallest absolute Gasteiger partial charge is 0.269 e. The molecule has 0 aromatic carbocycles. The van der Waals surface area contributed by atoms with Crippen LogP contribution in [0.4, 0.5) is 13.2 Å². The molecular formula is C15H17F3N4. The molecule has 0 bridgehead atoms. The zero-order valence-corrected chi connectivity index (χ0v) is 12.5. The lowest BCUT2D eigenvalue weighted by Crippen LogP contribution is -2.27. The molecule has 1 heterocycles. The van der Waals surface area contributed by atoms with Crippen molar-refractivity contribution in [2.75, 3.05) is 0 Å². The third-order valence-electron chi connectivity index (χ3n) is 4.19. The quantitative estimate of drug-likeness (QED) is 0.855. The van der Waals surface area contributed by atoms with Gasteiger partial charge in [0.25, 0.3) is 0 Å². The van der Waals surface area contributed by atoms with Gasteiger partial charge >= 0.3 is 6.18 Å². The molecular weight excluding hydrogens is 293 g/mol. The molecule has 22 heavy (non-hydrogen) atoms. The van der Waals surface area contributed by atoms with E-state index in [0.717, 1.165) is 24.1 Å². The summed E-state index contributed by atoms with van der Waals surface area (Å²) in [5.41, 5.74) is 0.173. The number of nitrogens with zero attached hydrogens (tertiary/aromatic N) is 4. The second-order valence-electron chi connectivity index (χ2n) is 6.51. The van der Waals surface area contributed by atoms with Crippen LogP contribution in [-0.4, -0.2) is 16.0 Å². The molecule has 0 N–H and O–H groups in total. The Morgan fingerprint density at radius 2 is 1.91 bits per heavy atom. The first-order valence-corrected chi connectivity index (χ1v) is 7.07. The summed E-state index contributed by atoms with van der Waals surface area (Å²) < 4.78 is 38.6. The molecule has 1 aliphatic carbocycles. The Morgan fingerprint density at radius 3 is 2.41 bits per heavy atom. The number of halogens is 3. The average Bonchev–Trinajstić information content (AvgIpc) is 2.95. The van der Waals surface area contributed by atoms with Crippen LogP contribution in [0.1, 0.15) is 44.4 Å². The maximum Gasteiger partial charge on any atom is 0.389 e. The van der Waals surface area contributed by atoms with E-state index in [1.165, 1.54) is 4.68 Å². The van der Waals surface area contributed by atoms with Crippen molar-refractivity contribution in [2.24, 2.45) is 5.41 Å². The Bertz CT molecular complexity index is 629. The van der Waals surface area contributed by atoms with E-state index in [4.69, 9.17) is 0 Å². The van der Waals surface area contributed by atoms with Crippen LogP contribution in [0.3, 0.4) is 0 Å². The van der Waals surface area contributed by atoms with Gasteiger partial charge in [0.15, 0.2) is 5.41 Å². The zero-order valence-electron chi connectivity index (χ0n) is 12.5. The van der Waals surface area contributed by atoms with Gasteiger partial charge in [-0.15, -0.1) is 0 Å². The van der Waals surface area contributed by atoms with E-state index in [-0.39, 0.29) is 12.0 Å². The molecule has 1 aromatic rings. The normalized spacial score (nSPS) is 16.9. The third kappa shape index (κ3) is 3.24. The summed E-state index contributed by atoms with van der Waals surface area (Å²) in [4.78, 5) is 0. The van der Waals surface area contributed by atoms with E-state index >= 15 is 0 Å². The first-order valence-electron chi connectivity index (χ1n) is 7.07. The van der Waals surface area contributed by atoms with Gasteiger partial charge in [0.05, 0.1) is 24.4 Å². The Labute approximate surface area is 127 Å². The second kappa shape index (κ2) is 5.31. The van der Waals surface area contributed by atoms with Crippen molar-refractivity contribution in [3.05, 3.63) is 17.5 Å². The van der Waals surface area contributed by atoms with Crippen LogP contribution < -0.4 is 0 Å². The summed E-state index contributed by atoms with van der Waals surface area (Å²) in [6.07, 6.45) is -2.50. The average molecular weight is 310 g/mol. The van der Waals surface area contributed by atoms with Crippen molar-refractivity contribution >= 4 is 0 Å². The van der Waals surface area contributed by atoms with Crippen molar-refractivity contribution in [3.8, 4) is 12.1 Å². The Balaban J connectivity index is 2.20. The topological polar surface area (TPSA) is 65.4 Å². The fraction of sp³-hybridized carbons (Fsp3) is 0.667. The van der Waals surface area contributed by atoms with Crippen LogP contribution in [-0.2, 0) is 18.4 Å². The highest BCUT2D eigenvalue weighted by atomic mass is 19.4. The molecule has 0 unspecified atom stereocenters. The minimum atomic E-state index is -4.38. The van der Waals surface area contributed by atoms with Crippen molar-refractivity contribution in [3.63, 3.8) is 0 Å². The molecule has 118 valence electrons. The number of aryl methyl sites for hydroxylation is 1. The number of alkyl halides is 3. The van der Waals surface area contributed by atoms with Crippen molar-refractivity contribution < 1.29 is 13.2 Å². The van der Waals surface area contributed by atoms with Gasteiger partial charge in [-0.2, -0.15) is 28.8 Å². The van der Waals surface area contributed by atoms with Crippen LogP contribution >= 0.6 is 0 Å². The Morgan fingerprint density at radius 1 is 1.27 bits per heavy atom. The number of aromatic nitrogens is 2.